The highest BCUT2D eigenvalue weighted by Crippen LogP contribution is 2.27. The first kappa shape index (κ1) is 21.9. The van der Waals surface area contributed by atoms with E-state index < -0.39 is 0 Å². The zero-order valence-corrected chi connectivity index (χ0v) is 18.3. The van der Waals surface area contributed by atoms with Crippen molar-refractivity contribution in [3.05, 3.63) is 54.0 Å². The lowest BCUT2D eigenvalue weighted by atomic mass is 9.84. The summed E-state index contributed by atoms with van der Waals surface area (Å²) in [5.74, 6) is 1.77. The van der Waals surface area contributed by atoms with E-state index >= 15 is 0 Å². The van der Waals surface area contributed by atoms with Crippen LogP contribution in [0.5, 0.6) is 5.75 Å². The van der Waals surface area contributed by atoms with Gasteiger partial charge in [0.1, 0.15) is 5.75 Å². The third-order valence-corrected chi connectivity index (χ3v) is 5.40. The summed E-state index contributed by atoms with van der Waals surface area (Å²) in [4.78, 5) is 11.0. The number of aromatic nitrogens is 1. The Kier molecular flexibility index (Phi) is 7.13. The van der Waals surface area contributed by atoms with Crippen molar-refractivity contribution in [2.24, 2.45) is 4.99 Å². The Balaban J connectivity index is 1.65. The normalized spacial score (nSPS) is 17.2. The SMILES string of the molecule is CCNC(=NCC(C)(C)c1cccc(OC)c1)NC1CCN(c2ncccc2F)C1. The number of nitrogens with zero attached hydrogens (tertiary/aromatic N) is 3. The van der Waals surface area contributed by atoms with Crippen LogP contribution in [0.25, 0.3) is 0 Å². The third kappa shape index (κ3) is 5.40. The molecule has 1 aliphatic heterocycles. The van der Waals surface area contributed by atoms with Gasteiger partial charge in [0.15, 0.2) is 17.6 Å². The lowest BCUT2D eigenvalue weighted by molar-refractivity contribution is 0.412. The van der Waals surface area contributed by atoms with Crippen LogP contribution in [-0.2, 0) is 5.41 Å². The molecule has 0 amide bonds. The molecule has 1 aliphatic rings. The first-order valence-corrected chi connectivity index (χ1v) is 10.5. The van der Waals surface area contributed by atoms with Crippen LogP contribution in [0.4, 0.5) is 10.2 Å². The fraction of sp³-hybridized carbons (Fsp3) is 0.478. The predicted molar refractivity (Wildman–Crippen MR) is 120 cm³/mol. The zero-order valence-electron chi connectivity index (χ0n) is 18.3. The van der Waals surface area contributed by atoms with Crippen molar-refractivity contribution in [2.45, 2.75) is 38.6 Å². The van der Waals surface area contributed by atoms with Gasteiger partial charge in [-0.25, -0.2) is 9.37 Å². The van der Waals surface area contributed by atoms with Crippen molar-refractivity contribution >= 4 is 11.8 Å². The quantitative estimate of drug-likeness (QED) is 0.539. The van der Waals surface area contributed by atoms with Gasteiger partial charge in [-0.05, 0) is 43.2 Å². The number of benzene rings is 1. The van der Waals surface area contributed by atoms with Crippen LogP contribution < -0.4 is 20.3 Å². The van der Waals surface area contributed by atoms with Crippen LogP contribution >= 0.6 is 0 Å². The number of anilines is 1. The van der Waals surface area contributed by atoms with E-state index in [0.717, 1.165) is 31.2 Å². The van der Waals surface area contributed by atoms with Crippen molar-refractivity contribution in [3.63, 3.8) is 0 Å². The van der Waals surface area contributed by atoms with E-state index in [4.69, 9.17) is 9.73 Å². The second-order valence-electron chi connectivity index (χ2n) is 8.20. The van der Waals surface area contributed by atoms with E-state index in [1.54, 1.807) is 19.4 Å². The maximum absolute atomic E-state index is 14.0. The molecule has 1 fully saturated rings. The van der Waals surface area contributed by atoms with Crippen LogP contribution in [0.3, 0.4) is 0 Å². The average Bonchev–Trinajstić information content (AvgIpc) is 3.21. The molecule has 1 aromatic carbocycles. The van der Waals surface area contributed by atoms with E-state index in [1.807, 2.05) is 17.0 Å². The minimum atomic E-state index is -0.279. The smallest absolute Gasteiger partial charge is 0.191 e. The Hall–Kier alpha value is -2.83. The number of guanidine groups is 1. The second-order valence-corrected chi connectivity index (χ2v) is 8.20. The summed E-state index contributed by atoms with van der Waals surface area (Å²) in [5.41, 5.74) is 1.04. The number of hydrogen-bond donors (Lipinski definition) is 2. The van der Waals surface area contributed by atoms with Crippen molar-refractivity contribution in [2.75, 3.05) is 38.2 Å². The molecule has 0 aliphatic carbocycles. The monoisotopic (exact) mass is 413 g/mol. The highest BCUT2D eigenvalue weighted by molar-refractivity contribution is 5.80. The van der Waals surface area contributed by atoms with E-state index in [0.29, 0.717) is 18.9 Å². The largest absolute Gasteiger partial charge is 0.497 e. The van der Waals surface area contributed by atoms with Crippen molar-refractivity contribution < 1.29 is 9.13 Å². The number of methoxy groups -OCH3 is 1. The lowest BCUT2D eigenvalue weighted by Crippen LogP contribution is -2.45. The van der Waals surface area contributed by atoms with Gasteiger partial charge in [0, 0.05) is 37.3 Å². The molecule has 0 spiro atoms. The standard InChI is InChI=1S/C23H32FN5O/c1-5-25-22(27-16-23(2,3)17-8-6-9-19(14-17)30-4)28-18-11-13-29(15-18)21-20(24)10-7-12-26-21/h6-10,12,14,18H,5,11,13,15-16H2,1-4H3,(H2,25,27,28). The number of nitrogens with one attached hydrogen (secondary N) is 2. The van der Waals surface area contributed by atoms with Gasteiger partial charge in [0.2, 0.25) is 0 Å². The Morgan fingerprint density at radius 2 is 2.17 bits per heavy atom. The number of hydrogen-bond acceptors (Lipinski definition) is 4. The summed E-state index contributed by atoms with van der Waals surface area (Å²) in [6, 6.07) is 11.4. The van der Waals surface area contributed by atoms with Crippen LogP contribution in [0, 0.1) is 5.82 Å². The number of halogens is 1. The number of ether oxygens (including phenoxy) is 1. The minimum absolute atomic E-state index is 0.143. The van der Waals surface area contributed by atoms with Gasteiger partial charge < -0.3 is 20.3 Å². The molecular formula is C23H32FN5O. The summed E-state index contributed by atoms with van der Waals surface area (Å²) in [6.07, 6.45) is 2.53. The van der Waals surface area contributed by atoms with Crippen molar-refractivity contribution in [1.82, 2.24) is 15.6 Å². The van der Waals surface area contributed by atoms with Crippen molar-refractivity contribution in [3.8, 4) is 5.75 Å². The van der Waals surface area contributed by atoms with Gasteiger partial charge in [-0.1, -0.05) is 26.0 Å². The van der Waals surface area contributed by atoms with Gasteiger partial charge in [-0.3, -0.25) is 4.99 Å². The first-order valence-electron chi connectivity index (χ1n) is 10.5. The summed E-state index contributed by atoms with van der Waals surface area (Å²) < 4.78 is 19.4. The molecule has 1 atom stereocenters. The van der Waals surface area contributed by atoms with Crippen LogP contribution in [0.15, 0.2) is 47.6 Å². The Bertz CT molecular complexity index is 870. The number of pyridine rings is 1. The summed E-state index contributed by atoms with van der Waals surface area (Å²) in [7, 11) is 1.68. The molecule has 0 bridgehead atoms. The molecule has 30 heavy (non-hydrogen) atoms. The summed E-state index contributed by atoms with van der Waals surface area (Å²) in [6.45, 7) is 9.26. The van der Waals surface area contributed by atoms with E-state index in [1.165, 1.54) is 11.6 Å². The van der Waals surface area contributed by atoms with Gasteiger partial charge in [-0.2, -0.15) is 0 Å². The topological polar surface area (TPSA) is 61.8 Å². The average molecular weight is 414 g/mol. The summed E-state index contributed by atoms with van der Waals surface area (Å²) >= 11 is 0. The second kappa shape index (κ2) is 9.78. The molecule has 1 saturated heterocycles. The van der Waals surface area contributed by atoms with Gasteiger partial charge in [-0.15, -0.1) is 0 Å². The summed E-state index contributed by atoms with van der Waals surface area (Å²) in [5, 5.41) is 6.83. The molecule has 2 heterocycles. The maximum Gasteiger partial charge on any atom is 0.191 e. The fourth-order valence-corrected chi connectivity index (χ4v) is 3.61. The Labute approximate surface area is 178 Å². The fourth-order valence-electron chi connectivity index (χ4n) is 3.61. The van der Waals surface area contributed by atoms with Crippen molar-refractivity contribution in [1.29, 1.82) is 0 Å². The van der Waals surface area contributed by atoms with E-state index in [9.17, 15) is 4.39 Å². The molecule has 3 rings (SSSR count). The molecule has 1 aromatic heterocycles. The molecule has 2 aromatic rings. The van der Waals surface area contributed by atoms with Gasteiger partial charge >= 0.3 is 0 Å². The molecule has 162 valence electrons. The molecule has 0 radical (unpaired) electrons. The van der Waals surface area contributed by atoms with Crippen LogP contribution in [0.2, 0.25) is 0 Å². The highest BCUT2D eigenvalue weighted by Gasteiger charge is 2.26. The van der Waals surface area contributed by atoms with Crippen LogP contribution in [-0.4, -0.2) is 50.3 Å². The molecule has 2 N–H and O–H groups in total. The minimum Gasteiger partial charge on any atom is -0.497 e. The lowest BCUT2D eigenvalue weighted by Gasteiger charge is -2.25. The van der Waals surface area contributed by atoms with E-state index in [-0.39, 0.29) is 17.3 Å². The van der Waals surface area contributed by atoms with Gasteiger partial charge in [0.05, 0.1) is 13.7 Å². The third-order valence-electron chi connectivity index (χ3n) is 5.40. The predicted octanol–water partition coefficient (Wildman–Crippen LogP) is 3.34. The zero-order chi connectivity index (χ0) is 21.6. The molecule has 0 saturated carbocycles. The Morgan fingerprint density at radius 1 is 1.33 bits per heavy atom. The molecule has 7 heteroatoms. The first-order chi connectivity index (χ1) is 14.4. The van der Waals surface area contributed by atoms with Crippen LogP contribution in [0.1, 0.15) is 32.8 Å². The maximum atomic E-state index is 14.0. The Morgan fingerprint density at radius 3 is 2.90 bits per heavy atom. The molecule has 6 nitrogen and oxygen atoms in total. The highest BCUT2D eigenvalue weighted by atomic mass is 19.1. The van der Waals surface area contributed by atoms with E-state index in [2.05, 4.69) is 48.5 Å². The van der Waals surface area contributed by atoms with Gasteiger partial charge in [0.25, 0.3) is 0 Å². The molecule has 1 unspecified atom stereocenters. The number of aliphatic imine (C=N–C) groups is 1. The number of rotatable bonds is 7. The molecular weight excluding hydrogens is 381 g/mol.